The average Bonchev–Trinajstić information content (AvgIpc) is 2.82. The molecule has 15 heavy (non-hydrogen) atoms. The van der Waals surface area contributed by atoms with Gasteiger partial charge in [0.15, 0.2) is 0 Å². The lowest BCUT2D eigenvalue weighted by molar-refractivity contribution is 0.118. The van der Waals surface area contributed by atoms with E-state index in [1.54, 1.807) is 0 Å². The predicted octanol–water partition coefficient (Wildman–Crippen LogP) is 2.39. The Morgan fingerprint density at radius 1 is 1.20 bits per heavy atom. The van der Waals surface area contributed by atoms with Crippen LogP contribution in [0.1, 0.15) is 52.4 Å². The van der Waals surface area contributed by atoms with Gasteiger partial charge in [-0.3, -0.25) is 4.90 Å². The lowest BCUT2D eigenvalue weighted by atomic mass is 10.1. The van der Waals surface area contributed by atoms with Gasteiger partial charge in [-0.05, 0) is 46.1 Å². The first-order chi connectivity index (χ1) is 7.27. The van der Waals surface area contributed by atoms with Crippen molar-refractivity contribution in [3.8, 4) is 0 Å². The van der Waals surface area contributed by atoms with Crippen LogP contribution in [0.2, 0.25) is 0 Å². The molecule has 1 saturated heterocycles. The highest BCUT2D eigenvalue weighted by Gasteiger charge is 2.39. The molecule has 0 aromatic carbocycles. The molecule has 4 unspecified atom stereocenters. The Balaban J connectivity index is 2.06. The van der Waals surface area contributed by atoms with Gasteiger partial charge in [-0.2, -0.15) is 0 Å². The van der Waals surface area contributed by atoms with Gasteiger partial charge in [0.1, 0.15) is 0 Å². The molecule has 2 rings (SSSR count). The largest absolute Gasteiger partial charge is 0.315 e. The molecule has 0 amide bonds. The molecule has 88 valence electrons. The third-order valence-electron chi connectivity index (χ3n) is 4.55. The molecule has 0 aromatic heterocycles. The van der Waals surface area contributed by atoms with Crippen LogP contribution in [-0.2, 0) is 0 Å². The topological polar surface area (TPSA) is 15.3 Å². The number of hydrogen-bond acceptors (Lipinski definition) is 2. The zero-order chi connectivity index (χ0) is 10.8. The summed E-state index contributed by atoms with van der Waals surface area (Å²) in [6, 6.07) is 3.24. The van der Waals surface area contributed by atoms with E-state index in [0.717, 1.165) is 24.2 Å². The number of nitrogens with one attached hydrogen (secondary N) is 1. The maximum atomic E-state index is 3.51. The third-order valence-corrected chi connectivity index (χ3v) is 4.55. The van der Waals surface area contributed by atoms with Crippen molar-refractivity contribution in [2.45, 2.75) is 76.5 Å². The van der Waals surface area contributed by atoms with Gasteiger partial charge in [-0.25, -0.2) is 0 Å². The lowest BCUT2D eigenvalue weighted by Gasteiger charge is -2.37. The van der Waals surface area contributed by atoms with Crippen molar-refractivity contribution >= 4 is 0 Å². The summed E-state index contributed by atoms with van der Waals surface area (Å²) in [5, 5.41) is 3.51. The second-order valence-corrected chi connectivity index (χ2v) is 5.33. The fourth-order valence-electron chi connectivity index (χ4n) is 3.74. The van der Waals surface area contributed by atoms with Crippen molar-refractivity contribution in [2.24, 2.45) is 0 Å². The molecule has 0 bridgehead atoms. The highest BCUT2D eigenvalue weighted by molar-refractivity contribution is 4.97. The summed E-state index contributed by atoms with van der Waals surface area (Å²) in [4.78, 5) is 2.83. The Morgan fingerprint density at radius 2 is 2.00 bits per heavy atom. The summed E-state index contributed by atoms with van der Waals surface area (Å²) in [5.41, 5.74) is 0. The van der Waals surface area contributed by atoms with Crippen molar-refractivity contribution in [1.82, 2.24) is 10.2 Å². The van der Waals surface area contributed by atoms with Gasteiger partial charge >= 0.3 is 0 Å². The molecule has 0 aromatic rings. The van der Waals surface area contributed by atoms with E-state index in [1.807, 2.05) is 0 Å². The number of likely N-dealkylation sites (N-methyl/N-ethyl adjacent to an activating group) is 1. The summed E-state index contributed by atoms with van der Waals surface area (Å²) < 4.78 is 0. The molecule has 2 fully saturated rings. The summed E-state index contributed by atoms with van der Waals surface area (Å²) in [7, 11) is 2.13. The quantitative estimate of drug-likeness (QED) is 0.769. The first-order valence-corrected chi connectivity index (χ1v) is 6.72. The fraction of sp³-hybridized carbons (Fsp3) is 1.00. The van der Waals surface area contributed by atoms with E-state index in [1.165, 1.54) is 38.5 Å². The normalized spacial score (nSPS) is 42.6. The SMILES string of the molecule is CCC1CCC(C)N1C1CCCC1NC. The van der Waals surface area contributed by atoms with Crippen LogP contribution in [0.5, 0.6) is 0 Å². The van der Waals surface area contributed by atoms with Crippen molar-refractivity contribution in [2.75, 3.05) is 7.05 Å². The van der Waals surface area contributed by atoms with Crippen LogP contribution in [0, 0.1) is 0 Å². The lowest BCUT2D eigenvalue weighted by Crippen LogP contribution is -2.50. The van der Waals surface area contributed by atoms with Crippen LogP contribution < -0.4 is 5.32 Å². The van der Waals surface area contributed by atoms with Gasteiger partial charge in [-0.1, -0.05) is 13.3 Å². The van der Waals surface area contributed by atoms with Crippen LogP contribution in [-0.4, -0.2) is 36.1 Å². The maximum Gasteiger partial charge on any atom is 0.0254 e. The number of hydrogen-bond donors (Lipinski definition) is 1. The van der Waals surface area contributed by atoms with Gasteiger partial charge in [0.25, 0.3) is 0 Å². The summed E-state index contributed by atoms with van der Waals surface area (Å²) in [6.45, 7) is 4.76. The Labute approximate surface area is 94.4 Å². The molecular weight excluding hydrogens is 184 g/mol. The van der Waals surface area contributed by atoms with Crippen LogP contribution in [0.25, 0.3) is 0 Å². The zero-order valence-corrected chi connectivity index (χ0v) is 10.5. The molecule has 1 saturated carbocycles. The highest BCUT2D eigenvalue weighted by Crippen LogP contribution is 2.34. The molecule has 1 N–H and O–H groups in total. The first-order valence-electron chi connectivity index (χ1n) is 6.72. The van der Waals surface area contributed by atoms with E-state index < -0.39 is 0 Å². The predicted molar refractivity (Wildman–Crippen MR) is 65.1 cm³/mol. The number of nitrogens with zero attached hydrogens (tertiary/aromatic N) is 1. The molecule has 2 nitrogen and oxygen atoms in total. The van der Waals surface area contributed by atoms with Crippen LogP contribution >= 0.6 is 0 Å². The Kier molecular flexibility index (Phi) is 3.68. The second-order valence-electron chi connectivity index (χ2n) is 5.33. The van der Waals surface area contributed by atoms with E-state index in [2.05, 4.69) is 31.1 Å². The smallest absolute Gasteiger partial charge is 0.0254 e. The van der Waals surface area contributed by atoms with Gasteiger partial charge in [0, 0.05) is 24.2 Å². The van der Waals surface area contributed by atoms with Crippen molar-refractivity contribution in [3.63, 3.8) is 0 Å². The van der Waals surface area contributed by atoms with Gasteiger partial charge in [0.05, 0.1) is 0 Å². The first kappa shape index (κ1) is 11.4. The summed E-state index contributed by atoms with van der Waals surface area (Å²) >= 11 is 0. The minimum atomic E-state index is 0.750. The Bertz CT molecular complexity index is 205. The second kappa shape index (κ2) is 4.84. The fourth-order valence-corrected chi connectivity index (χ4v) is 3.74. The number of likely N-dealkylation sites (tertiary alicyclic amines) is 1. The Hall–Kier alpha value is -0.0800. The molecule has 0 spiro atoms. The molecule has 0 radical (unpaired) electrons. The number of rotatable bonds is 3. The standard InChI is InChI=1S/C13H26N2/c1-4-11-9-8-10(2)15(11)13-7-5-6-12(13)14-3/h10-14H,4-9H2,1-3H3. The summed E-state index contributed by atoms with van der Waals surface area (Å²) in [6.07, 6.45) is 8.36. The monoisotopic (exact) mass is 210 g/mol. The van der Waals surface area contributed by atoms with E-state index in [-0.39, 0.29) is 0 Å². The van der Waals surface area contributed by atoms with Gasteiger partial charge in [0.2, 0.25) is 0 Å². The molecule has 4 atom stereocenters. The molecule has 1 aliphatic carbocycles. The van der Waals surface area contributed by atoms with Crippen molar-refractivity contribution in [1.29, 1.82) is 0 Å². The van der Waals surface area contributed by atoms with Crippen molar-refractivity contribution in [3.05, 3.63) is 0 Å². The third kappa shape index (κ3) is 2.07. The minimum Gasteiger partial charge on any atom is -0.315 e. The highest BCUT2D eigenvalue weighted by atomic mass is 15.3. The van der Waals surface area contributed by atoms with E-state index in [9.17, 15) is 0 Å². The average molecular weight is 210 g/mol. The zero-order valence-electron chi connectivity index (χ0n) is 10.5. The molecule has 1 heterocycles. The molecular formula is C13H26N2. The maximum absolute atomic E-state index is 3.51. The van der Waals surface area contributed by atoms with Crippen LogP contribution in [0.15, 0.2) is 0 Å². The van der Waals surface area contributed by atoms with E-state index in [0.29, 0.717) is 0 Å². The summed E-state index contributed by atoms with van der Waals surface area (Å²) in [5.74, 6) is 0. The van der Waals surface area contributed by atoms with Gasteiger partial charge < -0.3 is 5.32 Å². The van der Waals surface area contributed by atoms with Crippen molar-refractivity contribution < 1.29 is 0 Å². The minimum absolute atomic E-state index is 0.750. The molecule has 1 aliphatic heterocycles. The van der Waals surface area contributed by atoms with Crippen LogP contribution in [0.4, 0.5) is 0 Å². The van der Waals surface area contributed by atoms with E-state index in [4.69, 9.17) is 0 Å². The Morgan fingerprint density at radius 3 is 2.67 bits per heavy atom. The van der Waals surface area contributed by atoms with E-state index >= 15 is 0 Å². The van der Waals surface area contributed by atoms with Crippen LogP contribution in [0.3, 0.4) is 0 Å². The molecule has 2 aliphatic rings. The molecule has 2 heteroatoms. The van der Waals surface area contributed by atoms with Gasteiger partial charge in [-0.15, -0.1) is 0 Å².